The van der Waals surface area contributed by atoms with Crippen molar-refractivity contribution in [3.8, 4) is 11.5 Å². The van der Waals surface area contributed by atoms with Gasteiger partial charge in [0.2, 0.25) is 12.7 Å². The van der Waals surface area contributed by atoms with E-state index in [1.54, 1.807) is 18.2 Å². The number of fused-ring (bicyclic) bond motifs is 1. The molecule has 0 spiro atoms. The lowest BCUT2D eigenvalue weighted by atomic mass is 10.3. The van der Waals surface area contributed by atoms with E-state index in [-0.39, 0.29) is 13.3 Å². The van der Waals surface area contributed by atoms with Gasteiger partial charge in [-0.2, -0.15) is 13.1 Å². The van der Waals surface area contributed by atoms with E-state index in [9.17, 15) is 13.2 Å². The summed E-state index contributed by atoms with van der Waals surface area (Å²) in [5.41, 5.74) is 0.505. The lowest BCUT2D eigenvalue weighted by molar-refractivity contribution is -0.115. The first-order valence-electron chi connectivity index (χ1n) is 6.44. The van der Waals surface area contributed by atoms with Crippen LogP contribution in [-0.4, -0.2) is 34.2 Å². The molecule has 1 heterocycles. The monoisotopic (exact) mass is 315 g/mol. The summed E-state index contributed by atoms with van der Waals surface area (Å²) in [4.78, 5) is 11.7. The van der Waals surface area contributed by atoms with Crippen molar-refractivity contribution in [3.05, 3.63) is 18.2 Å². The number of amides is 1. The zero-order chi connectivity index (χ0) is 15.3. The molecule has 2 rings (SSSR count). The highest BCUT2D eigenvalue weighted by molar-refractivity contribution is 7.87. The number of carbonyl (C=O) groups is 1. The van der Waals surface area contributed by atoms with E-state index in [1.807, 2.05) is 6.92 Å². The van der Waals surface area contributed by atoms with E-state index < -0.39 is 16.1 Å². The summed E-state index contributed by atoms with van der Waals surface area (Å²) >= 11 is 0. The Morgan fingerprint density at radius 2 is 2.00 bits per heavy atom. The molecule has 0 aliphatic carbocycles. The van der Waals surface area contributed by atoms with Gasteiger partial charge in [-0.3, -0.25) is 4.79 Å². The Balaban J connectivity index is 1.85. The van der Waals surface area contributed by atoms with Crippen LogP contribution < -0.4 is 24.2 Å². The van der Waals surface area contributed by atoms with Crippen LogP contribution in [-0.2, 0) is 15.0 Å². The Hall–Kier alpha value is -1.84. The molecule has 0 atom stereocenters. The third-order valence-corrected chi connectivity index (χ3v) is 3.73. The number of hydrogen-bond acceptors (Lipinski definition) is 5. The summed E-state index contributed by atoms with van der Waals surface area (Å²) in [5.74, 6) is 0.672. The van der Waals surface area contributed by atoms with Crippen LogP contribution in [0.15, 0.2) is 18.2 Å². The molecule has 9 heteroatoms. The van der Waals surface area contributed by atoms with E-state index in [0.29, 0.717) is 30.2 Å². The predicted molar refractivity (Wildman–Crippen MR) is 76.4 cm³/mol. The SMILES string of the molecule is CCCNS(=O)(=O)NCC(=O)Nc1ccc2c(c1)OCO2. The molecule has 0 unspecified atom stereocenters. The highest BCUT2D eigenvalue weighted by Gasteiger charge is 2.15. The van der Waals surface area contributed by atoms with Crippen LogP contribution >= 0.6 is 0 Å². The van der Waals surface area contributed by atoms with Crippen molar-refractivity contribution in [2.24, 2.45) is 0 Å². The molecule has 0 saturated carbocycles. The Bertz CT molecular complexity index is 617. The topological polar surface area (TPSA) is 106 Å². The van der Waals surface area contributed by atoms with Crippen molar-refractivity contribution in [2.45, 2.75) is 13.3 Å². The molecule has 21 heavy (non-hydrogen) atoms. The van der Waals surface area contributed by atoms with Gasteiger partial charge >= 0.3 is 0 Å². The van der Waals surface area contributed by atoms with Crippen LogP contribution in [0.2, 0.25) is 0 Å². The first kappa shape index (κ1) is 15.5. The molecule has 1 aliphatic heterocycles. The molecule has 8 nitrogen and oxygen atoms in total. The van der Waals surface area contributed by atoms with Gasteiger partial charge in [-0.15, -0.1) is 0 Å². The van der Waals surface area contributed by atoms with Crippen LogP contribution in [0.4, 0.5) is 5.69 Å². The summed E-state index contributed by atoms with van der Waals surface area (Å²) < 4.78 is 37.7. The fourth-order valence-corrected chi connectivity index (χ4v) is 2.52. The molecule has 1 aromatic carbocycles. The second kappa shape index (κ2) is 6.74. The summed E-state index contributed by atoms with van der Waals surface area (Å²) in [5, 5.41) is 2.57. The molecule has 116 valence electrons. The zero-order valence-corrected chi connectivity index (χ0v) is 12.3. The Morgan fingerprint density at radius 3 is 2.76 bits per heavy atom. The second-order valence-electron chi connectivity index (χ2n) is 4.34. The fourth-order valence-electron chi connectivity index (χ4n) is 1.63. The summed E-state index contributed by atoms with van der Waals surface area (Å²) in [6.07, 6.45) is 0.671. The minimum atomic E-state index is -3.65. The standard InChI is InChI=1S/C12H17N3O5S/c1-2-5-13-21(17,18)14-7-12(16)15-9-3-4-10-11(6-9)20-8-19-10/h3-4,6,13-14H,2,5,7-8H2,1H3,(H,15,16). The normalized spacial score (nSPS) is 13.2. The second-order valence-corrected chi connectivity index (χ2v) is 5.92. The van der Waals surface area contributed by atoms with Gasteiger partial charge in [0, 0.05) is 18.3 Å². The number of hydrogen-bond donors (Lipinski definition) is 3. The maximum atomic E-state index is 11.7. The van der Waals surface area contributed by atoms with E-state index in [1.165, 1.54) is 0 Å². The highest BCUT2D eigenvalue weighted by Crippen LogP contribution is 2.34. The third kappa shape index (κ3) is 4.59. The van der Waals surface area contributed by atoms with Crippen molar-refractivity contribution < 1.29 is 22.7 Å². The van der Waals surface area contributed by atoms with Gasteiger partial charge < -0.3 is 14.8 Å². The highest BCUT2D eigenvalue weighted by atomic mass is 32.2. The number of benzene rings is 1. The van der Waals surface area contributed by atoms with Crippen LogP contribution in [0.5, 0.6) is 11.5 Å². The van der Waals surface area contributed by atoms with Gasteiger partial charge in [-0.1, -0.05) is 6.92 Å². The average molecular weight is 315 g/mol. The van der Waals surface area contributed by atoms with Gasteiger partial charge in [-0.25, -0.2) is 4.72 Å². The third-order valence-electron chi connectivity index (χ3n) is 2.62. The van der Waals surface area contributed by atoms with Crippen molar-refractivity contribution >= 4 is 21.8 Å². The number of anilines is 1. The van der Waals surface area contributed by atoms with Crippen molar-refractivity contribution in [3.63, 3.8) is 0 Å². The number of rotatable bonds is 7. The molecule has 1 aliphatic rings. The van der Waals surface area contributed by atoms with Crippen LogP contribution in [0.3, 0.4) is 0 Å². The van der Waals surface area contributed by atoms with Crippen molar-refractivity contribution in [1.29, 1.82) is 0 Å². The fraction of sp³-hybridized carbons (Fsp3) is 0.417. The van der Waals surface area contributed by atoms with Crippen LogP contribution in [0.25, 0.3) is 0 Å². The molecule has 1 aromatic rings. The lowest BCUT2D eigenvalue weighted by Crippen LogP contribution is -2.40. The Kier molecular flexibility index (Phi) is 4.99. The molecule has 3 N–H and O–H groups in total. The largest absolute Gasteiger partial charge is 0.454 e. The minimum Gasteiger partial charge on any atom is -0.454 e. The van der Waals surface area contributed by atoms with Gasteiger partial charge in [0.25, 0.3) is 10.2 Å². The molecule has 0 saturated heterocycles. The predicted octanol–water partition coefficient (Wildman–Crippen LogP) is 0.188. The van der Waals surface area contributed by atoms with E-state index in [0.717, 1.165) is 0 Å². The van der Waals surface area contributed by atoms with Gasteiger partial charge in [0.1, 0.15) is 0 Å². The average Bonchev–Trinajstić information content (AvgIpc) is 2.91. The van der Waals surface area contributed by atoms with E-state index in [4.69, 9.17) is 9.47 Å². The van der Waals surface area contributed by atoms with Gasteiger partial charge in [0.15, 0.2) is 11.5 Å². The maximum Gasteiger partial charge on any atom is 0.277 e. The lowest BCUT2D eigenvalue weighted by Gasteiger charge is -2.08. The smallest absolute Gasteiger partial charge is 0.277 e. The number of ether oxygens (including phenoxy) is 2. The van der Waals surface area contributed by atoms with Gasteiger partial charge in [-0.05, 0) is 18.6 Å². The molecule has 0 fully saturated rings. The quantitative estimate of drug-likeness (QED) is 0.666. The maximum absolute atomic E-state index is 11.7. The Morgan fingerprint density at radius 1 is 1.24 bits per heavy atom. The zero-order valence-electron chi connectivity index (χ0n) is 11.5. The number of nitrogens with one attached hydrogen (secondary N) is 3. The minimum absolute atomic E-state index is 0.148. The molecule has 0 aromatic heterocycles. The molecular formula is C12H17N3O5S. The molecule has 0 bridgehead atoms. The number of carbonyl (C=O) groups excluding carboxylic acids is 1. The summed E-state index contributed by atoms with van der Waals surface area (Å²) in [7, 11) is -3.65. The van der Waals surface area contributed by atoms with E-state index in [2.05, 4.69) is 14.8 Å². The molecular weight excluding hydrogens is 298 g/mol. The van der Waals surface area contributed by atoms with Gasteiger partial charge in [0.05, 0.1) is 6.54 Å². The van der Waals surface area contributed by atoms with Crippen molar-refractivity contribution in [1.82, 2.24) is 9.44 Å². The molecule has 1 amide bonds. The first-order chi connectivity index (χ1) is 10.00. The van der Waals surface area contributed by atoms with E-state index >= 15 is 0 Å². The summed E-state index contributed by atoms with van der Waals surface area (Å²) in [6.45, 7) is 1.96. The van der Waals surface area contributed by atoms with Crippen LogP contribution in [0, 0.1) is 0 Å². The summed E-state index contributed by atoms with van der Waals surface area (Å²) in [6, 6.07) is 4.93. The van der Waals surface area contributed by atoms with Crippen LogP contribution in [0.1, 0.15) is 13.3 Å². The Labute approximate surface area is 123 Å². The first-order valence-corrected chi connectivity index (χ1v) is 7.92. The van der Waals surface area contributed by atoms with Crippen molar-refractivity contribution in [2.75, 3.05) is 25.2 Å². The molecule has 0 radical (unpaired) electrons.